The van der Waals surface area contributed by atoms with Gasteiger partial charge in [-0.2, -0.15) is 0 Å². The lowest BCUT2D eigenvalue weighted by atomic mass is 10.0. The maximum atomic E-state index is 12.3. The molecule has 0 radical (unpaired) electrons. The Balaban J connectivity index is 1.28. The minimum atomic E-state index is -0.242. The van der Waals surface area contributed by atoms with E-state index in [1.807, 2.05) is 36.4 Å². The number of para-hydroxylation sites is 2. The molecule has 1 saturated heterocycles. The third-order valence-electron chi connectivity index (χ3n) is 4.43. The van der Waals surface area contributed by atoms with E-state index in [0.717, 1.165) is 22.4 Å². The van der Waals surface area contributed by atoms with E-state index < -0.39 is 0 Å². The van der Waals surface area contributed by atoms with Crippen LogP contribution in [0.1, 0.15) is 23.9 Å². The van der Waals surface area contributed by atoms with Crippen molar-refractivity contribution < 1.29 is 4.79 Å². The molecule has 4 rings (SSSR count). The van der Waals surface area contributed by atoms with Gasteiger partial charge in [-0.05, 0) is 36.2 Å². The van der Waals surface area contributed by atoms with E-state index in [4.69, 9.17) is 0 Å². The molecule has 1 fully saturated rings. The van der Waals surface area contributed by atoms with Crippen LogP contribution in [0.3, 0.4) is 0 Å². The third kappa shape index (κ3) is 3.52. The Labute approximate surface area is 145 Å². The van der Waals surface area contributed by atoms with E-state index in [1.165, 1.54) is 0 Å². The van der Waals surface area contributed by atoms with Gasteiger partial charge in [0.15, 0.2) is 0 Å². The van der Waals surface area contributed by atoms with Gasteiger partial charge >= 0.3 is 0 Å². The topological polar surface area (TPSA) is 94.7 Å². The summed E-state index contributed by atoms with van der Waals surface area (Å²) in [6.45, 7) is 0.552. The highest BCUT2D eigenvalue weighted by Gasteiger charge is 2.29. The van der Waals surface area contributed by atoms with Crippen LogP contribution in [-0.2, 0) is 11.2 Å². The minimum absolute atomic E-state index is 0.000155. The van der Waals surface area contributed by atoms with E-state index in [-0.39, 0.29) is 18.0 Å². The number of carbonyl (C=O) groups excluding carboxylic acids is 1. The molecule has 25 heavy (non-hydrogen) atoms. The second-order valence-electron chi connectivity index (χ2n) is 6.15. The van der Waals surface area contributed by atoms with Crippen LogP contribution in [0.15, 0.2) is 48.8 Å². The van der Waals surface area contributed by atoms with E-state index >= 15 is 0 Å². The fraction of sp³-hybridized carbons (Fsp3) is 0.278. The monoisotopic (exact) mass is 336 g/mol. The number of fused-ring (bicyclic) bond motifs is 1. The number of aromatic nitrogens is 3. The van der Waals surface area contributed by atoms with Crippen LogP contribution in [0.4, 0.5) is 0 Å². The standard InChI is InChI=1S/C18H20N6O/c25-18(16-11-15(23-24-16)12-5-8-19-9-6-12)20-10-7-17-21-13-3-1-2-4-14(13)22-17/h1-6,8-9,15-16,23-24H,7,10-11H2,(H,20,25)(H,21,22). The average Bonchev–Trinajstić information content (AvgIpc) is 3.29. The summed E-state index contributed by atoms with van der Waals surface area (Å²) in [5.41, 5.74) is 9.34. The number of hydrogen-bond donors (Lipinski definition) is 4. The summed E-state index contributed by atoms with van der Waals surface area (Å²) in [5.74, 6) is 0.883. The van der Waals surface area contributed by atoms with Gasteiger partial charge in [0.25, 0.3) is 0 Å². The molecule has 0 aliphatic carbocycles. The Morgan fingerprint density at radius 1 is 1.16 bits per heavy atom. The highest BCUT2D eigenvalue weighted by Crippen LogP contribution is 2.21. The summed E-state index contributed by atoms with van der Waals surface area (Å²) in [6, 6.07) is 11.7. The molecule has 3 aromatic rings. The van der Waals surface area contributed by atoms with Gasteiger partial charge in [0.1, 0.15) is 11.9 Å². The van der Waals surface area contributed by atoms with Crippen molar-refractivity contribution >= 4 is 16.9 Å². The van der Waals surface area contributed by atoms with Crippen LogP contribution in [0, 0.1) is 0 Å². The summed E-state index contributed by atoms with van der Waals surface area (Å²) >= 11 is 0. The van der Waals surface area contributed by atoms with Gasteiger partial charge in [-0.3, -0.25) is 9.78 Å². The molecule has 7 nitrogen and oxygen atoms in total. The van der Waals surface area contributed by atoms with Crippen molar-refractivity contribution in [3.8, 4) is 0 Å². The first kappa shape index (κ1) is 15.7. The van der Waals surface area contributed by atoms with Gasteiger partial charge < -0.3 is 10.3 Å². The van der Waals surface area contributed by atoms with Crippen LogP contribution in [0.5, 0.6) is 0 Å². The maximum Gasteiger partial charge on any atom is 0.238 e. The lowest BCUT2D eigenvalue weighted by molar-refractivity contribution is -0.122. The number of hydrogen-bond acceptors (Lipinski definition) is 5. The molecular formula is C18H20N6O. The molecule has 0 saturated carbocycles. The molecule has 1 amide bonds. The molecule has 2 unspecified atom stereocenters. The molecule has 128 valence electrons. The summed E-state index contributed by atoms with van der Waals surface area (Å²) in [5, 5.41) is 2.98. The van der Waals surface area contributed by atoms with E-state index in [0.29, 0.717) is 19.4 Å². The second-order valence-corrected chi connectivity index (χ2v) is 6.15. The zero-order valence-electron chi connectivity index (χ0n) is 13.7. The molecule has 0 spiro atoms. The fourth-order valence-corrected chi connectivity index (χ4v) is 3.09. The normalized spacial score (nSPS) is 20.0. The first-order chi connectivity index (χ1) is 12.3. The molecule has 2 aromatic heterocycles. The summed E-state index contributed by atoms with van der Waals surface area (Å²) in [7, 11) is 0. The molecular weight excluding hydrogens is 316 g/mol. The van der Waals surface area contributed by atoms with E-state index in [9.17, 15) is 4.79 Å². The number of benzene rings is 1. The zero-order chi connectivity index (χ0) is 17.1. The lowest BCUT2D eigenvalue weighted by Crippen LogP contribution is -2.43. The molecule has 4 N–H and O–H groups in total. The van der Waals surface area contributed by atoms with Crippen LogP contribution >= 0.6 is 0 Å². The summed E-state index contributed by atoms with van der Waals surface area (Å²) in [6.07, 6.45) is 4.91. The SMILES string of the molecule is O=C(NCCc1nc2ccccc2[nH]1)C1CC(c2ccncc2)NN1. The van der Waals surface area contributed by atoms with Crippen molar-refractivity contribution in [2.24, 2.45) is 0 Å². The number of aromatic amines is 1. The Bertz CT molecular complexity index is 829. The van der Waals surface area contributed by atoms with E-state index in [2.05, 4.69) is 31.1 Å². The van der Waals surface area contributed by atoms with Gasteiger partial charge in [0, 0.05) is 31.4 Å². The number of imidazole rings is 1. The summed E-state index contributed by atoms with van der Waals surface area (Å²) in [4.78, 5) is 24.1. The van der Waals surface area contributed by atoms with Crippen LogP contribution in [0.25, 0.3) is 11.0 Å². The predicted octanol–water partition coefficient (Wildman–Crippen LogP) is 1.22. The number of amides is 1. The smallest absolute Gasteiger partial charge is 0.238 e. The molecule has 1 aromatic carbocycles. The highest BCUT2D eigenvalue weighted by atomic mass is 16.2. The van der Waals surface area contributed by atoms with Crippen molar-refractivity contribution in [3.63, 3.8) is 0 Å². The van der Waals surface area contributed by atoms with Crippen molar-refractivity contribution in [3.05, 3.63) is 60.2 Å². The Hall–Kier alpha value is -2.77. The first-order valence-corrected chi connectivity index (χ1v) is 8.42. The largest absolute Gasteiger partial charge is 0.354 e. The van der Waals surface area contributed by atoms with E-state index in [1.54, 1.807) is 12.4 Å². The van der Waals surface area contributed by atoms with Crippen LogP contribution in [-0.4, -0.2) is 33.4 Å². The third-order valence-corrected chi connectivity index (χ3v) is 4.43. The highest BCUT2D eigenvalue weighted by molar-refractivity contribution is 5.82. The second kappa shape index (κ2) is 7.00. The Morgan fingerprint density at radius 3 is 2.84 bits per heavy atom. The Morgan fingerprint density at radius 2 is 2.00 bits per heavy atom. The molecule has 3 heterocycles. The average molecular weight is 336 g/mol. The van der Waals surface area contributed by atoms with Crippen LogP contribution < -0.4 is 16.2 Å². The number of nitrogens with zero attached hydrogens (tertiary/aromatic N) is 2. The van der Waals surface area contributed by atoms with Gasteiger partial charge in [0.2, 0.25) is 5.91 Å². The minimum Gasteiger partial charge on any atom is -0.354 e. The summed E-state index contributed by atoms with van der Waals surface area (Å²) < 4.78 is 0. The number of nitrogens with one attached hydrogen (secondary N) is 4. The zero-order valence-corrected chi connectivity index (χ0v) is 13.7. The quantitative estimate of drug-likeness (QED) is 0.562. The molecule has 1 aliphatic heterocycles. The van der Waals surface area contributed by atoms with Crippen molar-refractivity contribution in [1.29, 1.82) is 0 Å². The molecule has 0 bridgehead atoms. The van der Waals surface area contributed by atoms with Gasteiger partial charge in [-0.25, -0.2) is 15.8 Å². The number of hydrazine groups is 1. The fourth-order valence-electron chi connectivity index (χ4n) is 3.09. The van der Waals surface area contributed by atoms with Crippen molar-refractivity contribution in [2.75, 3.05) is 6.54 Å². The first-order valence-electron chi connectivity index (χ1n) is 8.42. The maximum absolute atomic E-state index is 12.3. The molecule has 1 aliphatic rings. The molecule has 7 heteroatoms. The Kier molecular flexibility index (Phi) is 4.41. The number of rotatable bonds is 5. The number of carbonyl (C=O) groups is 1. The van der Waals surface area contributed by atoms with Gasteiger partial charge in [-0.15, -0.1) is 0 Å². The molecule has 2 atom stereocenters. The van der Waals surface area contributed by atoms with Crippen molar-refractivity contribution in [1.82, 2.24) is 31.1 Å². The van der Waals surface area contributed by atoms with Gasteiger partial charge in [0.05, 0.1) is 11.0 Å². The van der Waals surface area contributed by atoms with Crippen molar-refractivity contribution in [2.45, 2.75) is 24.9 Å². The number of H-pyrrole nitrogens is 1. The number of pyridine rings is 1. The predicted molar refractivity (Wildman–Crippen MR) is 94.5 cm³/mol. The lowest BCUT2D eigenvalue weighted by Gasteiger charge is -2.10. The van der Waals surface area contributed by atoms with Gasteiger partial charge in [-0.1, -0.05) is 12.1 Å². The van der Waals surface area contributed by atoms with Crippen LogP contribution in [0.2, 0.25) is 0 Å².